The van der Waals surface area contributed by atoms with Crippen LogP contribution in [0.5, 0.6) is 0 Å². The van der Waals surface area contributed by atoms with Gasteiger partial charge in [0.15, 0.2) is 0 Å². The standard InChI is InChI=1S/C10H13NO3S2/c12-9(8-3-1-4-11-7-8)10-15(13)5-2-6-16(10)14/h1,3-4,7,9-10,12H,2,5-6H2/t9-,10?,15?,16?/m0/s1. The maximum atomic E-state index is 11.8. The van der Waals surface area contributed by atoms with Gasteiger partial charge in [0.05, 0.1) is 0 Å². The summed E-state index contributed by atoms with van der Waals surface area (Å²) in [7, 11) is -2.43. The fourth-order valence-electron chi connectivity index (χ4n) is 1.69. The Morgan fingerprint density at radius 2 is 2.06 bits per heavy atom. The maximum Gasteiger partial charge on any atom is 0.140 e. The van der Waals surface area contributed by atoms with Gasteiger partial charge < -0.3 is 5.11 Å². The number of hydrogen-bond donors (Lipinski definition) is 1. The summed E-state index contributed by atoms with van der Waals surface area (Å²) in [4.78, 5) is 3.89. The molecule has 0 aromatic carbocycles. The van der Waals surface area contributed by atoms with Crippen LogP contribution in [-0.2, 0) is 21.6 Å². The molecule has 2 rings (SSSR count). The van der Waals surface area contributed by atoms with Crippen molar-refractivity contribution in [2.45, 2.75) is 17.1 Å². The zero-order chi connectivity index (χ0) is 11.5. The number of pyridine rings is 1. The van der Waals surface area contributed by atoms with Crippen LogP contribution in [0.25, 0.3) is 0 Å². The monoisotopic (exact) mass is 259 g/mol. The lowest BCUT2D eigenvalue weighted by atomic mass is 10.2. The number of aromatic nitrogens is 1. The highest BCUT2D eigenvalue weighted by atomic mass is 32.2. The number of rotatable bonds is 2. The summed E-state index contributed by atoms with van der Waals surface area (Å²) in [5, 5.41) is 10.1. The van der Waals surface area contributed by atoms with E-state index < -0.39 is 32.3 Å². The molecule has 0 amide bonds. The fourth-order valence-corrected chi connectivity index (χ4v) is 5.62. The molecule has 2 unspecified atom stereocenters. The molecule has 0 spiro atoms. The van der Waals surface area contributed by atoms with Crippen LogP contribution in [0.2, 0.25) is 0 Å². The van der Waals surface area contributed by atoms with Crippen molar-refractivity contribution in [3.05, 3.63) is 30.1 Å². The molecule has 16 heavy (non-hydrogen) atoms. The lowest BCUT2D eigenvalue weighted by Crippen LogP contribution is -2.35. The molecule has 1 saturated heterocycles. The molecule has 4 nitrogen and oxygen atoms in total. The lowest BCUT2D eigenvalue weighted by Gasteiger charge is -2.25. The number of nitrogens with zero attached hydrogens (tertiary/aromatic N) is 1. The Labute approximate surface area is 99.0 Å². The SMILES string of the molecule is O=S1CCCS(=O)C1[C@@H](O)c1cccnc1. The summed E-state index contributed by atoms with van der Waals surface area (Å²) in [6, 6.07) is 3.41. The zero-order valence-electron chi connectivity index (χ0n) is 8.61. The quantitative estimate of drug-likeness (QED) is 0.832. The third kappa shape index (κ3) is 2.39. The Balaban J connectivity index is 2.23. The topological polar surface area (TPSA) is 67.3 Å². The van der Waals surface area contributed by atoms with Crippen molar-refractivity contribution >= 4 is 21.6 Å². The van der Waals surface area contributed by atoms with Crippen molar-refractivity contribution in [1.29, 1.82) is 0 Å². The van der Waals surface area contributed by atoms with Gasteiger partial charge in [-0.25, -0.2) is 0 Å². The second-order valence-corrected chi connectivity index (χ2v) is 7.28. The Morgan fingerprint density at radius 1 is 1.38 bits per heavy atom. The molecular formula is C10H13NO3S2. The predicted octanol–water partition coefficient (Wildman–Crippen LogP) is 0.342. The molecule has 6 heteroatoms. The van der Waals surface area contributed by atoms with Gasteiger partial charge in [-0.2, -0.15) is 0 Å². The van der Waals surface area contributed by atoms with Gasteiger partial charge in [-0.3, -0.25) is 13.4 Å². The normalized spacial score (nSPS) is 32.2. The van der Waals surface area contributed by atoms with Gasteiger partial charge in [0.25, 0.3) is 0 Å². The Bertz CT molecular complexity index is 394. The summed E-state index contributed by atoms with van der Waals surface area (Å²) in [5.41, 5.74) is 0.580. The average Bonchev–Trinajstić information content (AvgIpc) is 2.30. The molecular weight excluding hydrogens is 246 g/mol. The van der Waals surface area contributed by atoms with Gasteiger partial charge in [0.2, 0.25) is 0 Å². The van der Waals surface area contributed by atoms with E-state index in [1.807, 2.05) is 0 Å². The van der Waals surface area contributed by atoms with Gasteiger partial charge in [-0.05, 0) is 12.5 Å². The minimum atomic E-state index is -1.22. The van der Waals surface area contributed by atoms with E-state index in [9.17, 15) is 13.5 Å². The van der Waals surface area contributed by atoms with Crippen molar-refractivity contribution in [2.24, 2.45) is 0 Å². The number of aliphatic hydroxyl groups is 1. The summed E-state index contributed by atoms with van der Waals surface area (Å²) in [5.74, 6) is 1.04. The maximum absolute atomic E-state index is 11.8. The van der Waals surface area contributed by atoms with Crippen LogP contribution >= 0.6 is 0 Å². The fraction of sp³-hybridized carbons (Fsp3) is 0.500. The van der Waals surface area contributed by atoms with E-state index in [0.29, 0.717) is 23.5 Å². The first kappa shape index (κ1) is 11.9. The minimum absolute atomic E-state index is 0.522. The van der Waals surface area contributed by atoms with Crippen LogP contribution < -0.4 is 0 Å². The first-order valence-corrected chi connectivity index (χ1v) is 7.79. The van der Waals surface area contributed by atoms with E-state index in [1.165, 1.54) is 6.20 Å². The van der Waals surface area contributed by atoms with Gasteiger partial charge in [0, 0.05) is 51.1 Å². The van der Waals surface area contributed by atoms with Crippen molar-refractivity contribution in [2.75, 3.05) is 11.5 Å². The van der Waals surface area contributed by atoms with E-state index in [1.54, 1.807) is 18.3 Å². The minimum Gasteiger partial charge on any atom is -0.386 e. The highest BCUT2D eigenvalue weighted by Crippen LogP contribution is 2.26. The molecule has 1 N–H and O–H groups in total. The van der Waals surface area contributed by atoms with Crippen molar-refractivity contribution in [3.8, 4) is 0 Å². The van der Waals surface area contributed by atoms with Crippen molar-refractivity contribution in [1.82, 2.24) is 4.98 Å². The van der Waals surface area contributed by atoms with E-state index in [2.05, 4.69) is 4.98 Å². The van der Waals surface area contributed by atoms with Crippen LogP contribution in [0.15, 0.2) is 24.5 Å². The average molecular weight is 259 g/mol. The largest absolute Gasteiger partial charge is 0.386 e. The highest BCUT2D eigenvalue weighted by Gasteiger charge is 2.34. The van der Waals surface area contributed by atoms with Crippen LogP contribution in [-0.4, -0.2) is 34.6 Å². The number of hydrogen-bond acceptors (Lipinski definition) is 4. The molecule has 3 atom stereocenters. The highest BCUT2D eigenvalue weighted by molar-refractivity contribution is 8.03. The molecule has 88 valence electrons. The molecule has 0 aliphatic carbocycles. The third-order valence-electron chi connectivity index (χ3n) is 2.49. The van der Waals surface area contributed by atoms with Gasteiger partial charge in [-0.1, -0.05) is 6.07 Å². The van der Waals surface area contributed by atoms with Crippen molar-refractivity contribution in [3.63, 3.8) is 0 Å². The van der Waals surface area contributed by atoms with Crippen LogP contribution in [0.4, 0.5) is 0 Å². The van der Waals surface area contributed by atoms with Crippen LogP contribution in [0.3, 0.4) is 0 Å². The first-order valence-electron chi connectivity index (χ1n) is 5.02. The molecule has 1 aliphatic heterocycles. The summed E-state index contributed by atoms with van der Waals surface area (Å²) < 4.78 is 22.8. The molecule has 1 aliphatic rings. The molecule has 2 heterocycles. The van der Waals surface area contributed by atoms with E-state index in [-0.39, 0.29) is 0 Å². The van der Waals surface area contributed by atoms with Gasteiger partial charge >= 0.3 is 0 Å². The van der Waals surface area contributed by atoms with E-state index >= 15 is 0 Å². The van der Waals surface area contributed by atoms with Crippen molar-refractivity contribution < 1.29 is 13.5 Å². The Morgan fingerprint density at radius 3 is 2.62 bits per heavy atom. The second-order valence-electron chi connectivity index (χ2n) is 3.62. The predicted molar refractivity (Wildman–Crippen MR) is 63.6 cm³/mol. The summed E-state index contributed by atoms with van der Waals surface area (Å²) in [6.07, 6.45) is 2.88. The summed E-state index contributed by atoms with van der Waals surface area (Å²) >= 11 is 0. The lowest BCUT2D eigenvalue weighted by molar-refractivity contribution is 0.193. The molecule has 1 aromatic rings. The second kappa shape index (κ2) is 5.16. The van der Waals surface area contributed by atoms with Crippen LogP contribution in [0, 0.1) is 0 Å². The summed E-state index contributed by atoms with van der Waals surface area (Å²) in [6.45, 7) is 0. The zero-order valence-corrected chi connectivity index (χ0v) is 10.2. The third-order valence-corrected chi connectivity index (χ3v) is 6.71. The van der Waals surface area contributed by atoms with Gasteiger partial charge in [-0.15, -0.1) is 0 Å². The first-order chi connectivity index (χ1) is 7.70. The Hall–Kier alpha value is -0.590. The Kier molecular flexibility index (Phi) is 3.83. The van der Waals surface area contributed by atoms with E-state index in [0.717, 1.165) is 0 Å². The number of aliphatic hydroxyl groups excluding tert-OH is 1. The van der Waals surface area contributed by atoms with E-state index in [4.69, 9.17) is 0 Å². The molecule has 1 fully saturated rings. The van der Waals surface area contributed by atoms with Crippen LogP contribution in [0.1, 0.15) is 18.1 Å². The molecule has 0 saturated carbocycles. The molecule has 0 radical (unpaired) electrons. The molecule has 1 aromatic heterocycles. The smallest absolute Gasteiger partial charge is 0.140 e. The molecule has 0 bridgehead atoms. The van der Waals surface area contributed by atoms with Gasteiger partial charge in [0.1, 0.15) is 10.7 Å².